The number of rotatable bonds is 5. The van der Waals surface area contributed by atoms with Crippen molar-refractivity contribution in [1.82, 2.24) is 0 Å². The van der Waals surface area contributed by atoms with E-state index in [-0.39, 0.29) is 23.4 Å². The Labute approximate surface area is 141 Å². The molecule has 0 aromatic heterocycles. The molecule has 1 aliphatic rings. The van der Waals surface area contributed by atoms with Gasteiger partial charge in [0.15, 0.2) is 5.75 Å². The minimum atomic E-state index is -0.454. The van der Waals surface area contributed by atoms with E-state index >= 15 is 0 Å². The molecule has 0 heterocycles. The van der Waals surface area contributed by atoms with E-state index in [0.29, 0.717) is 10.4 Å². The average molecular weight is 380 g/mol. The van der Waals surface area contributed by atoms with Crippen LogP contribution in [0.15, 0.2) is 46.9 Å². The van der Waals surface area contributed by atoms with Gasteiger partial charge in [-0.05, 0) is 36.6 Å². The fourth-order valence-electron chi connectivity index (χ4n) is 2.70. The summed E-state index contributed by atoms with van der Waals surface area (Å²) in [6, 6.07) is 10.8. The molecule has 1 atom stereocenters. The zero-order chi connectivity index (χ0) is 16.4. The molecule has 0 aliphatic heterocycles. The van der Waals surface area contributed by atoms with E-state index in [0.717, 1.165) is 24.8 Å². The van der Waals surface area contributed by atoms with Crippen molar-refractivity contribution < 1.29 is 14.1 Å². The van der Waals surface area contributed by atoms with Gasteiger partial charge >= 0.3 is 5.69 Å². The van der Waals surface area contributed by atoms with Crippen molar-refractivity contribution in [2.24, 2.45) is 5.92 Å². The van der Waals surface area contributed by atoms with Gasteiger partial charge in [0, 0.05) is 22.5 Å². The summed E-state index contributed by atoms with van der Waals surface area (Å²) < 4.78 is 19.9. The first-order valence-corrected chi connectivity index (χ1v) is 8.20. The lowest BCUT2D eigenvalue weighted by atomic mass is 9.78. The molecule has 0 bridgehead atoms. The van der Waals surface area contributed by atoms with Gasteiger partial charge in [-0.3, -0.25) is 10.1 Å². The monoisotopic (exact) mass is 379 g/mol. The molecule has 2 aromatic carbocycles. The van der Waals surface area contributed by atoms with Crippen molar-refractivity contribution >= 4 is 21.6 Å². The van der Waals surface area contributed by atoms with Gasteiger partial charge < -0.3 is 4.74 Å². The van der Waals surface area contributed by atoms with Crippen molar-refractivity contribution in [3.63, 3.8) is 0 Å². The zero-order valence-corrected chi connectivity index (χ0v) is 13.8. The number of nitro groups is 1. The van der Waals surface area contributed by atoms with Crippen LogP contribution >= 0.6 is 15.9 Å². The maximum absolute atomic E-state index is 13.2. The second kappa shape index (κ2) is 6.66. The fourth-order valence-corrected chi connectivity index (χ4v) is 3.04. The number of hydrogen-bond donors (Lipinski definition) is 0. The van der Waals surface area contributed by atoms with E-state index in [1.807, 2.05) is 0 Å². The standard InChI is InChI=1S/C17H15BrFNO3/c18-13-6-9-15(20(21)22)16(10-13)23-17(11-2-1-3-11)12-4-7-14(19)8-5-12/h4-11,17H,1-3H2. The maximum Gasteiger partial charge on any atom is 0.311 e. The van der Waals surface area contributed by atoms with Crippen molar-refractivity contribution in [3.8, 4) is 5.75 Å². The summed E-state index contributed by atoms with van der Waals surface area (Å²) in [5.41, 5.74) is 0.769. The van der Waals surface area contributed by atoms with Gasteiger partial charge in [0.1, 0.15) is 11.9 Å². The molecule has 0 saturated heterocycles. The highest BCUT2D eigenvalue weighted by molar-refractivity contribution is 9.10. The summed E-state index contributed by atoms with van der Waals surface area (Å²) in [6.45, 7) is 0. The molecule has 0 spiro atoms. The van der Waals surface area contributed by atoms with Crippen molar-refractivity contribution in [2.45, 2.75) is 25.4 Å². The summed E-state index contributed by atoms with van der Waals surface area (Å²) in [4.78, 5) is 10.8. The van der Waals surface area contributed by atoms with Gasteiger partial charge in [-0.25, -0.2) is 4.39 Å². The van der Waals surface area contributed by atoms with E-state index in [1.165, 1.54) is 18.2 Å². The lowest BCUT2D eigenvalue weighted by Crippen LogP contribution is -2.25. The molecule has 2 aromatic rings. The molecule has 1 fully saturated rings. The summed E-state index contributed by atoms with van der Waals surface area (Å²) >= 11 is 3.32. The number of halogens is 2. The van der Waals surface area contributed by atoms with Crippen LogP contribution < -0.4 is 4.74 Å². The number of nitrogens with zero attached hydrogens (tertiary/aromatic N) is 1. The molecule has 0 radical (unpaired) electrons. The lowest BCUT2D eigenvalue weighted by molar-refractivity contribution is -0.386. The first-order chi connectivity index (χ1) is 11.0. The maximum atomic E-state index is 13.2. The van der Waals surface area contributed by atoms with Gasteiger partial charge in [-0.15, -0.1) is 0 Å². The Morgan fingerprint density at radius 3 is 2.48 bits per heavy atom. The van der Waals surface area contributed by atoms with Gasteiger partial charge in [-0.2, -0.15) is 0 Å². The van der Waals surface area contributed by atoms with Crippen LogP contribution in [0.1, 0.15) is 30.9 Å². The molecular weight excluding hydrogens is 365 g/mol. The van der Waals surface area contributed by atoms with Gasteiger partial charge in [0.25, 0.3) is 0 Å². The Morgan fingerprint density at radius 1 is 1.22 bits per heavy atom. The van der Waals surface area contributed by atoms with Crippen molar-refractivity contribution in [3.05, 3.63) is 68.4 Å². The zero-order valence-electron chi connectivity index (χ0n) is 12.2. The normalized spacial score (nSPS) is 15.7. The van der Waals surface area contributed by atoms with Gasteiger partial charge in [-0.1, -0.05) is 34.5 Å². The third-order valence-corrected chi connectivity index (χ3v) is 4.64. The average Bonchev–Trinajstić information content (AvgIpc) is 2.45. The number of benzene rings is 2. The molecule has 4 nitrogen and oxygen atoms in total. The molecule has 120 valence electrons. The molecule has 1 unspecified atom stereocenters. The predicted molar refractivity (Wildman–Crippen MR) is 87.9 cm³/mol. The Hall–Kier alpha value is -1.95. The number of hydrogen-bond acceptors (Lipinski definition) is 3. The van der Waals surface area contributed by atoms with E-state index in [1.54, 1.807) is 24.3 Å². The molecule has 0 amide bonds. The van der Waals surface area contributed by atoms with Crippen LogP contribution in [0, 0.1) is 21.8 Å². The lowest BCUT2D eigenvalue weighted by Gasteiger charge is -2.34. The summed E-state index contributed by atoms with van der Waals surface area (Å²) in [5.74, 6) is 0.208. The summed E-state index contributed by atoms with van der Waals surface area (Å²) in [5, 5.41) is 11.2. The van der Waals surface area contributed by atoms with E-state index in [2.05, 4.69) is 15.9 Å². The van der Waals surface area contributed by atoms with Crippen LogP contribution in [-0.2, 0) is 0 Å². The Kier molecular flexibility index (Phi) is 4.61. The quantitative estimate of drug-likeness (QED) is 0.514. The van der Waals surface area contributed by atoms with Gasteiger partial charge in [0.05, 0.1) is 4.92 Å². The topological polar surface area (TPSA) is 52.4 Å². The second-order valence-electron chi connectivity index (χ2n) is 5.65. The first kappa shape index (κ1) is 15.9. The molecule has 3 rings (SSSR count). The van der Waals surface area contributed by atoms with Crippen LogP contribution in [0.2, 0.25) is 0 Å². The minimum absolute atomic E-state index is 0.0698. The van der Waals surface area contributed by atoms with E-state index in [9.17, 15) is 14.5 Å². The highest BCUT2D eigenvalue weighted by Gasteiger charge is 2.32. The molecule has 1 aliphatic carbocycles. The third-order valence-electron chi connectivity index (χ3n) is 4.15. The van der Waals surface area contributed by atoms with Crippen LogP contribution in [-0.4, -0.2) is 4.92 Å². The predicted octanol–water partition coefficient (Wildman–Crippen LogP) is 5.42. The van der Waals surface area contributed by atoms with Crippen molar-refractivity contribution in [1.29, 1.82) is 0 Å². The van der Waals surface area contributed by atoms with Gasteiger partial charge in [0.2, 0.25) is 0 Å². The molecule has 23 heavy (non-hydrogen) atoms. The highest BCUT2D eigenvalue weighted by atomic mass is 79.9. The third kappa shape index (κ3) is 3.52. The largest absolute Gasteiger partial charge is 0.478 e. The van der Waals surface area contributed by atoms with E-state index in [4.69, 9.17) is 4.74 Å². The smallest absolute Gasteiger partial charge is 0.311 e. The Bertz CT molecular complexity index is 716. The SMILES string of the molecule is O=[N+]([O-])c1ccc(Br)cc1OC(c1ccc(F)cc1)C1CCC1. The second-order valence-corrected chi connectivity index (χ2v) is 6.57. The van der Waals surface area contributed by atoms with Crippen LogP contribution in [0.4, 0.5) is 10.1 Å². The molecule has 6 heteroatoms. The summed E-state index contributed by atoms with van der Waals surface area (Å²) in [6.07, 6.45) is 2.82. The van der Waals surface area contributed by atoms with Crippen molar-refractivity contribution in [2.75, 3.05) is 0 Å². The summed E-state index contributed by atoms with van der Waals surface area (Å²) in [7, 11) is 0. The Balaban J connectivity index is 1.94. The van der Waals surface area contributed by atoms with Crippen LogP contribution in [0.3, 0.4) is 0 Å². The Morgan fingerprint density at radius 2 is 1.91 bits per heavy atom. The molecular formula is C17H15BrFNO3. The van der Waals surface area contributed by atoms with Crippen LogP contribution in [0.25, 0.3) is 0 Å². The first-order valence-electron chi connectivity index (χ1n) is 7.40. The van der Waals surface area contributed by atoms with Crippen LogP contribution in [0.5, 0.6) is 5.75 Å². The molecule has 1 saturated carbocycles. The van der Waals surface area contributed by atoms with E-state index < -0.39 is 4.92 Å². The number of ether oxygens (including phenoxy) is 1. The highest BCUT2D eigenvalue weighted by Crippen LogP contribution is 2.42. The number of nitro benzene ring substituents is 1. The fraction of sp³-hybridized carbons (Fsp3) is 0.294. The molecule has 0 N–H and O–H groups in total. The minimum Gasteiger partial charge on any atom is -0.478 e.